The zero-order valence-corrected chi connectivity index (χ0v) is 14.0. The summed E-state index contributed by atoms with van der Waals surface area (Å²) >= 11 is 0. The van der Waals surface area contributed by atoms with Gasteiger partial charge in [-0.2, -0.15) is 0 Å². The van der Waals surface area contributed by atoms with Crippen molar-refractivity contribution in [3.05, 3.63) is 0 Å². The Morgan fingerprint density at radius 3 is 2.59 bits per heavy atom. The number of carbonyl (C=O) groups excluding carboxylic acids is 1. The Hall–Kier alpha value is -0.760. The lowest BCUT2D eigenvalue weighted by molar-refractivity contribution is -0.121. The monoisotopic (exact) mass is 322 g/mol. The lowest BCUT2D eigenvalue weighted by Crippen LogP contribution is -2.32. The first-order valence-corrected chi connectivity index (χ1v) is 7.98. The van der Waals surface area contributed by atoms with E-state index in [1.807, 2.05) is 13.8 Å². The van der Waals surface area contributed by atoms with Crippen LogP contribution in [0.4, 0.5) is 4.39 Å². The standard InChI is InChI=1S/C15H31FN2O4/c1-4-15(19)18-10-14(16)12-21-11-13(3)22-9-8-20-7-6-17-5-2/h13-14,17H,4-12H2,1-3H3,(H,18,19). The van der Waals surface area contributed by atoms with Crippen LogP contribution in [-0.2, 0) is 19.0 Å². The van der Waals surface area contributed by atoms with Gasteiger partial charge in [0, 0.05) is 13.0 Å². The second-order valence-corrected chi connectivity index (χ2v) is 4.94. The minimum Gasteiger partial charge on any atom is -0.378 e. The summed E-state index contributed by atoms with van der Waals surface area (Å²) in [6.07, 6.45) is -0.957. The lowest BCUT2D eigenvalue weighted by atomic mass is 10.3. The minimum atomic E-state index is -1.20. The van der Waals surface area contributed by atoms with Gasteiger partial charge in [-0.15, -0.1) is 0 Å². The van der Waals surface area contributed by atoms with Gasteiger partial charge in [-0.05, 0) is 13.5 Å². The Morgan fingerprint density at radius 1 is 1.14 bits per heavy atom. The molecule has 0 heterocycles. The molecule has 0 aromatic heterocycles. The highest BCUT2D eigenvalue weighted by Gasteiger charge is 2.09. The van der Waals surface area contributed by atoms with Gasteiger partial charge >= 0.3 is 0 Å². The van der Waals surface area contributed by atoms with Crippen LogP contribution in [0.25, 0.3) is 0 Å². The maximum Gasteiger partial charge on any atom is 0.219 e. The van der Waals surface area contributed by atoms with E-state index in [1.165, 1.54) is 0 Å². The Kier molecular flexibility index (Phi) is 14.6. The van der Waals surface area contributed by atoms with Crippen LogP contribution >= 0.6 is 0 Å². The Morgan fingerprint density at radius 2 is 1.91 bits per heavy atom. The van der Waals surface area contributed by atoms with E-state index in [9.17, 15) is 9.18 Å². The third kappa shape index (κ3) is 14.2. The largest absolute Gasteiger partial charge is 0.378 e. The van der Waals surface area contributed by atoms with Crippen LogP contribution in [0.1, 0.15) is 27.2 Å². The van der Waals surface area contributed by atoms with Gasteiger partial charge in [0.25, 0.3) is 0 Å². The molecule has 2 atom stereocenters. The average molecular weight is 322 g/mol. The molecule has 0 saturated carbocycles. The Labute approximate surface area is 133 Å². The van der Waals surface area contributed by atoms with Gasteiger partial charge in [-0.25, -0.2) is 4.39 Å². The summed E-state index contributed by atoms with van der Waals surface area (Å²) in [5, 5.41) is 5.65. The molecule has 0 aromatic rings. The van der Waals surface area contributed by atoms with Gasteiger partial charge in [0.2, 0.25) is 5.91 Å². The van der Waals surface area contributed by atoms with Crippen LogP contribution in [0.5, 0.6) is 0 Å². The quantitative estimate of drug-likeness (QED) is 0.438. The Bertz CT molecular complexity index is 270. The molecule has 6 nitrogen and oxygen atoms in total. The molecule has 0 saturated heterocycles. The highest BCUT2D eigenvalue weighted by molar-refractivity contribution is 5.75. The number of hydrogen-bond donors (Lipinski definition) is 2. The molecule has 0 bridgehead atoms. The van der Waals surface area contributed by atoms with Crippen molar-refractivity contribution in [3.8, 4) is 0 Å². The van der Waals surface area contributed by atoms with Crippen molar-refractivity contribution in [1.29, 1.82) is 0 Å². The molecule has 0 aromatic carbocycles. The van der Waals surface area contributed by atoms with Gasteiger partial charge in [0.05, 0.1) is 45.7 Å². The molecule has 22 heavy (non-hydrogen) atoms. The summed E-state index contributed by atoms with van der Waals surface area (Å²) in [5.74, 6) is -0.159. The second kappa shape index (κ2) is 15.1. The third-order valence-corrected chi connectivity index (χ3v) is 2.80. The molecule has 0 aliphatic rings. The highest BCUT2D eigenvalue weighted by Crippen LogP contribution is 1.96. The van der Waals surface area contributed by atoms with Crippen molar-refractivity contribution >= 4 is 5.91 Å². The second-order valence-electron chi connectivity index (χ2n) is 4.94. The predicted molar refractivity (Wildman–Crippen MR) is 83.8 cm³/mol. The molecule has 0 spiro atoms. The summed E-state index contributed by atoms with van der Waals surface area (Å²) in [5.41, 5.74) is 0. The van der Waals surface area contributed by atoms with Gasteiger partial charge in [0.1, 0.15) is 6.17 Å². The zero-order valence-electron chi connectivity index (χ0n) is 14.0. The first kappa shape index (κ1) is 21.2. The minimum absolute atomic E-state index is 0.0124. The number of ether oxygens (including phenoxy) is 3. The molecule has 2 N–H and O–H groups in total. The molecule has 0 aliphatic carbocycles. The third-order valence-electron chi connectivity index (χ3n) is 2.80. The van der Waals surface area contributed by atoms with E-state index < -0.39 is 6.17 Å². The van der Waals surface area contributed by atoms with Crippen LogP contribution < -0.4 is 10.6 Å². The van der Waals surface area contributed by atoms with Crippen LogP contribution in [0.2, 0.25) is 0 Å². The fourth-order valence-corrected chi connectivity index (χ4v) is 1.55. The number of hydrogen-bond acceptors (Lipinski definition) is 5. The highest BCUT2D eigenvalue weighted by atomic mass is 19.1. The Balaban J connectivity index is 3.38. The van der Waals surface area contributed by atoms with Crippen LogP contribution in [0.3, 0.4) is 0 Å². The van der Waals surface area contributed by atoms with E-state index in [0.29, 0.717) is 32.8 Å². The molecule has 7 heteroatoms. The number of rotatable bonds is 15. The topological polar surface area (TPSA) is 68.8 Å². The summed E-state index contributed by atoms with van der Waals surface area (Å²) in [4.78, 5) is 11.0. The molecule has 2 unspecified atom stereocenters. The van der Waals surface area contributed by atoms with E-state index in [0.717, 1.165) is 13.1 Å². The molecular formula is C15H31FN2O4. The first-order chi connectivity index (χ1) is 10.6. The molecule has 0 radical (unpaired) electrons. The van der Waals surface area contributed by atoms with E-state index in [-0.39, 0.29) is 25.2 Å². The van der Waals surface area contributed by atoms with E-state index in [4.69, 9.17) is 14.2 Å². The van der Waals surface area contributed by atoms with Gasteiger partial charge in [-0.1, -0.05) is 13.8 Å². The van der Waals surface area contributed by atoms with Crippen molar-refractivity contribution in [2.45, 2.75) is 39.5 Å². The smallest absolute Gasteiger partial charge is 0.219 e. The molecule has 1 amide bonds. The van der Waals surface area contributed by atoms with Gasteiger partial charge in [0.15, 0.2) is 0 Å². The average Bonchev–Trinajstić information content (AvgIpc) is 2.51. The maximum absolute atomic E-state index is 13.4. The van der Waals surface area contributed by atoms with E-state index in [1.54, 1.807) is 6.92 Å². The molecule has 0 fully saturated rings. The van der Waals surface area contributed by atoms with Gasteiger partial charge in [-0.3, -0.25) is 4.79 Å². The summed E-state index contributed by atoms with van der Waals surface area (Å²) < 4.78 is 29.5. The molecule has 0 aliphatic heterocycles. The SMILES string of the molecule is CCNCCOCCOC(C)COCC(F)CNC(=O)CC. The van der Waals surface area contributed by atoms with E-state index in [2.05, 4.69) is 10.6 Å². The lowest BCUT2D eigenvalue weighted by Gasteiger charge is -2.15. The summed E-state index contributed by atoms with van der Waals surface area (Å²) in [6.45, 7) is 9.35. The first-order valence-electron chi connectivity index (χ1n) is 7.98. The number of nitrogens with one attached hydrogen (secondary N) is 2. The number of halogens is 1. The van der Waals surface area contributed by atoms with Crippen molar-refractivity contribution in [1.82, 2.24) is 10.6 Å². The molecule has 132 valence electrons. The number of likely N-dealkylation sites (N-methyl/N-ethyl adjacent to an activating group) is 1. The fourth-order valence-electron chi connectivity index (χ4n) is 1.55. The normalized spacial score (nSPS) is 13.8. The van der Waals surface area contributed by atoms with Crippen LogP contribution in [0.15, 0.2) is 0 Å². The molecule has 0 rings (SSSR count). The fraction of sp³-hybridized carbons (Fsp3) is 0.933. The number of carbonyl (C=O) groups is 1. The summed E-state index contributed by atoms with van der Waals surface area (Å²) in [6, 6.07) is 0. The predicted octanol–water partition coefficient (Wildman–Crippen LogP) is 0.899. The molecular weight excluding hydrogens is 291 g/mol. The van der Waals surface area contributed by atoms with Crippen molar-refractivity contribution in [2.24, 2.45) is 0 Å². The summed E-state index contributed by atoms with van der Waals surface area (Å²) in [7, 11) is 0. The van der Waals surface area contributed by atoms with Crippen molar-refractivity contribution in [3.63, 3.8) is 0 Å². The van der Waals surface area contributed by atoms with Crippen LogP contribution in [-0.4, -0.2) is 70.9 Å². The van der Waals surface area contributed by atoms with Crippen molar-refractivity contribution in [2.75, 3.05) is 52.7 Å². The maximum atomic E-state index is 13.4. The van der Waals surface area contributed by atoms with Gasteiger partial charge < -0.3 is 24.8 Å². The number of alkyl halides is 1. The zero-order chi connectivity index (χ0) is 16.6. The van der Waals surface area contributed by atoms with E-state index >= 15 is 0 Å². The van der Waals surface area contributed by atoms with Crippen LogP contribution in [0, 0.1) is 0 Å². The van der Waals surface area contributed by atoms with Crippen molar-refractivity contribution < 1.29 is 23.4 Å². The number of amides is 1.